The van der Waals surface area contributed by atoms with Crippen molar-refractivity contribution in [3.05, 3.63) is 101 Å². The first-order valence-corrected chi connectivity index (χ1v) is 12.0. The average molecular weight is 504 g/mol. The van der Waals surface area contributed by atoms with Crippen LogP contribution in [0.3, 0.4) is 0 Å². The van der Waals surface area contributed by atoms with Crippen LogP contribution in [0.15, 0.2) is 83.0 Å². The number of carbonyl (C=O) groups excluding carboxylic acids is 2. The lowest BCUT2D eigenvalue weighted by Gasteiger charge is -2.01. The topological polar surface area (TPSA) is 87.2 Å². The molecule has 0 aliphatic heterocycles. The highest BCUT2D eigenvalue weighted by atomic mass is 35.5. The molecule has 0 saturated heterocycles. The van der Waals surface area contributed by atoms with Gasteiger partial charge in [-0.15, -0.1) is 11.3 Å². The lowest BCUT2D eigenvalue weighted by Crippen LogP contribution is -2.04. The van der Waals surface area contributed by atoms with Gasteiger partial charge in [0.2, 0.25) is 11.7 Å². The first-order valence-electron chi connectivity index (χ1n) is 10.7. The predicted molar refractivity (Wildman–Crippen MR) is 133 cm³/mol. The third-order valence-corrected chi connectivity index (χ3v) is 6.32. The van der Waals surface area contributed by atoms with Crippen molar-refractivity contribution in [2.45, 2.75) is 6.92 Å². The second-order valence-corrected chi connectivity index (χ2v) is 8.77. The van der Waals surface area contributed by atoms with Crippen LogP contribution in [0.5, 0.6) is 0 Å². The van der Waals surface area contributed by atoms with E-state index < -0.39 is 5.97 Å². The van der Waals surface area contributed by atoms with Gasteiger partial charge >= 0.3 is 5.97 Å². The molecule has 0 bridgehead atoms. The number of ether oxygens (including phenoxy) is 1. The molecule has 0 unspecified atom stereocenters. The second kappa shape index (κ2) is 9.69. The Balaban J connectivity index is 1.31. The minimum absolute atomic E-state index is 0.155. The zero-order valence-electron chi connectivity index (χ0n) is 18.5. The minimum atomic E-state index is -0.487. The van der Waals surface area contributed by atoms with Crippen molar-refractivity contribution in [2.75, 3.05) is 6.61 Å². The zero-order chi connectivity index (χ0) is 24.4. The summed E-state index contributed by atoms with van der Waals surface area (Å²) in [4.78, 5) is 33.3. The molecule has 3 heterocycles. The predicted octanol–water partition coefficient (Wildman–Crippen LogP) is 6.32. The summed E-state index contributed by atoms with van der Waals surface area (Å²) in [7, 11) is 0. The normalized spacial score (nSPS) is 10.9. The maximum absolute atomic E-state index is 12.9. The Labute approximate surface area is 209 Å². The quantitative estimate of drug-likeness (QED) is 0.191. The van der Waals surface area contributed by atoms with Crippen LogP contribution in [0.25, 0.3) is 27.8 Å². The minimum Gasteiger partial charge on any atom is -0.461 e. The number of esters is 1. The molecule has 0 aliphatic rings. The molecule has 0 aliphatic carbocycles. The second-order valence-electron chi connectivity index (χ2n) is 7.48. The summed E-state index contributed by atoms with van der Waals surface area (Å²) in [6, 6.07) is 18.1. The maximum Gasteiger partial charge on any atom is 0.358 e. The fourth-order valence-corrected chi connectivity index (χ4v) is 4.34. The van der Waals surface area contributed by atoms with Gasteiger partial charge in [-0.1, -0.05) is 48.0 Å². The Morgan fingerprint density at radius 1 is 1.00 bits per heavy atom. The number of halogens is 1. The number of furan rings is 1. The molecule has 5 aromatic rings. The summed E-state index contributed by atoms with van der Waals surface area (Å²) in [5.41, 5.74) is 2.84. The summed E-state index contributed by atoms with van der Waals surface area (Å²) in [6.45, 7) is 2.02. The van der Waals surface area contributed by atoms with Crippen molar-refractivity contribution in [3.63, 3.8) is 0 Å². The first kappa shape index (κ1) is 22.8. The molecular formula is C26H18ClN3O4S. The van der Waals surface area contributed by atoms with Gasteiger partial charge in [-0.05, 0) is 25.1 Å². The van der Waals surface area contributed by atoms with Gasteiger partial charge in [0.25, 0.3) is 0 Å². The summed E-state index contributed by atoms with van der Waals surface area (Å²) in [6.07, 6.45) is 3.04. The van der Waals surface area contributed by atoms with E-state index in [1.54, 1.807) is 53.4 Å². The van der Waals surface area contributed by atoms with E-state index in [-0.39, 0.29) is 18.1 Å². The highest BCUT2D eigenvalue weighted by Gasteiger charge is 2.16. The smallest absolute Gasteiger partial charge is 0.358 e. The standard InChI is InChI=1S/C26H18ClN3O4S/c1-2-33-26(32)20-13-30(15-28-20)23-12-11-22(34-23)16-3-5-17(6-4-16)24(31)21-14-35-25(29-21)18-7-9-19(27)10-8-18/h3-15H,2H2,1H3. The van der Waals surface area contributed by atoms with E-state index >= 15 is 0 Å². The molecule has 35 heavy (non-hydrogen) atoms. The molecule has 2 aromatic carbocycles. The summed E-state index contributed by atoms with van der Waals surface area (Å²) >= 11 is 7.36. The van der Waals surface area contributed by atoms with E-state index in [0.717, 1.165) is 16.1 Å². The first-order chi connectivity index (χ1) is 17.0. The molecule has 174 valence electrons. The molecule has 0 spiro atoms. The van der Waals surface area contributed by atoms with Crippen molar-refractivity contribution < 1.29 is 18.7 Å². The number of imidazole rings is 1. The lowest BCUT2D eigenvalue weighted by atomic mass is 10.1. The van der Waals surface area contributed by atoms with Crippen LogP contribution in [0, 0.1) is 0 Å². The van der Waals surface area contributed by atoms with Crippen LogP contribution in [0.4, 0.5) is 0 Å². The van der Waals surface area contributed by atoms with Gasteiger partial charge < -0.3 is 9.15 Å². The van der Waals surface area contributed by atoms with Crippen LogP contribution in [0.2, 0.25) is 5.02 Å². The molecule has 3 aromatic heterocycles. The molecule has 7 nitrogen and oxygen atoms in total. The number of carbonyl (C=O) groups is 2. The number of thiazole rings is 1. The Kier molecular flexibility index (Phi) is 6.31. The van der Waals surface area contributed by atoms with E-state index in [1.165, 1.54) is 17.7 Å². The Morgan fingerprint density at radius 2 is 1.74 bits per heavy atom. The largest absolute Gasteiger partial charge is 0.461 e. The number of aromatic nitrogens is 3. The summed E-state index contributed by atoms with van der Waals surface area (Å²) < 4.78 is 12.5. The van der Waals surface area contributed by atoms with Gasteiger partial charge in [-0.3, -0.25) is 9.36 Å². The van der Waals surface area contributed by atoms with E-state index in [0.29, 0.717) is 27.9 Å². The Bertz CT molecular complexity index is 1500. The molecule has 0 N–H and O–H groups in total. The number of nitrogens with zero attached hydrogens (tertiary/aromatic N) is 3. The molecular weight excluding hydrogens is 486 g/mol. The fourth-order valence-electron chi connectivity index (χ4n) is 3.41. The molecule has 0 amide bonds. The molecule has 5 rings (SSSR count). The molecule has 0 fully saturated rings. The molecule has 0 atom stereocenters. The number of hydrogen-bond donors (Lipinski definition) is 0. The van der Waals surface area contributed by atoms with Gasteiger partial charge in [0, 0.05) is 39.4 Å². The fraction of sp³-hybridized carbons (Fsp3) is 0.0769. The van der Waals surface area contributed by atoms with Gasteiger partial charge in [0.1, 0.15) is 22.8 Å². The van der Waals surface area contributed by atoms with Crippen molar-refractivity contribution in [1.29, 1.82) is 0 Å². The van der Waals surface area contributed by atoms with Crippen molar-refractivity contribution in [3.8, 4) is 27.8 Å². The number of hydrogen-bond acceptors (Lipinski definition) is 7. The summed E-state index contributed by atoms with van der Waals surface area (Å²) in [5.74, 6) is 0.473. The van der Waals surface area contributed by atoms with Crippen LogP contribution >= 0.6 is 22.9 Å². The highest BCUT2D eigenvalue weighted by Crippen LogP contribution is 2.28. The maximum atomic E-state index is 12.9. The Morgan fingerprint density at radius 3 is 2.49 bits per heavy atom. The van der Waals surface area contributed by atoms with Crippen LogP contribution in [-0.2, 0) is 4.74 Å². The third-order valence-electron chi connectivity index (χ3n) is 5.17. The monoisotopic (exact) mass is 503 g/mol. The van der Waals surface area contributed by atoms with E-state index in [2.05, 4.69) is 9.97 Å². The van der Waals surface area contributed by atoms with Gasteiger partial charge in [0.15, 0.2) is 5.69 Å². The van der Waals surface area contributed by atoms with Crippen molar-refractivity contribution in [1.82, 2.24) is 14.5 Å². The van der Waals surface area contributed by atoms with Crippen LogP contribution < -0.4 is 0 Å². The van der Waals surface area contributed by atoms with Gasteiger partial charge in [-0.25, -0.2) is 14.8 Å². The highest BCUT2D eigenvalue weighted by molar-refractivity contribution is 7.13. The van der Waals surface area contributed by atoms with E-state index in [9.17, 15) is 9.59 Å². The number of rotatable bonds is 7. The van der Waals surface area contributed by atoms with Crippen molar-refractivity contribution >= 4 is 34.7 Å². The van der Waals surface area contributed by atoms with Crippen molar-refractivity contribution in [2.24, 2.45) is 0 Å². The average Bonchev–Trinajstić information content (AvgIpc) is 3.65. The van der Waals surface area contributed by atoms with E-state index in [4.69, 9.17) is 20.8 Å². The molecule has 0 radical (unpaired) electrons. The van der Waals surface area contributed by atoms with E-state index in [1.807, 2.05) is 30.3 Å². The molecule has 9 heteroatoms. The lowest BCUT2D eigenvalue weighted by molar-refractivity contribution is 0.0520. The van der Waals surface area contributed by atoms with Gasteiger partial charge in [-0.2, -0.15) is 0 Å². The van der Waals surface area contributed by atoms with Crippen LogP contribution in [-0.4, -0.2) is 32.9 Å². The van der Waals surface area contributed by atoms with Crippen LogP contribution in [0.1, 0.15) is 33.5 Å². The number of ketones is 1. The van der Waals surface area contributed by atoms with Gasteiger partial charge in [0.05, 0.1) is 6.61 Å². The Hall–Kier alpha value is -4.01. The summed E-state index contributed by atoms with van der Waals surface area (Å²) in [5, 5.41) is 3.17. The SMILES string of the molecule is CCOC(=O)c1cn(-c2ccc(-c3ccc(C(=O)c4csc(-c5ccc(Cl)cc5)n4)cc3)o2)cn1. The number of benzene rings is 2. The zero-order valence-corrected chi connectivity index (χ0v) is 20.0. The molecule has 0 saturated carbocycles. The third kappa shape index (κ3) is 4.80.